The van der Waals surface area contributed by atoms with E-state index in [2.05, 4.69) is 10.3 Å². The highest BCUT2D eigenvalue weighted by Gasteiger charge is 2.42. The van der Waals surface area contributed by atoms with Crippen LogP contribution in [0, 0.1) is 16.0 Å². The number of amides is 1. The molecule has 1 atom stereocenters. The SMILES string of the molecule is CC(C)[C@@]1(C)N=C(c2ccccc2[N+](=O)[O-])NC1=O. The highest BCUT2D eigenvalue weighted by Crippen LogP contribution is 2.29. The van der Waals surface area contributed by atoms with E-state index < -0.39 is 10.5 Å². The number of nitrogens with zero attached hydrogens (tertiary/aromatic N) is 2. The molecule has 0 aliphatic carbocycles. The van der Waals surface area contributed by atoms with Crippen molar-refractivity contribution in [2.45, 2.75) is 26.3 Å². The van der Waals surface area contributed by atoms with Gasteiger partial charge in [0.1, 0.15) is 11.4 Å². The first-order valence-corrected chi connectivity index (χ1v) is 6.01. The van der Waals surface area contributed by atoms with Crippen LogP contribution in [0.4, 0.5) is 5.69 Å². The maximum absolute atomic E-state index is 12.0. The zero-order chi connectivity index (χ0) is 14.2. The van der Waals surface area contributed by atoms with E-state index in [1.54, 1.807) is 25.1 Å². The average Bonchev–Trinajstić information content (AvgIpc) is 2.67. The normalized spacial score (nSPS) is 22.3. The Morgan fingerprint density at radius 1 is 1.37 bits per heavy atom. The number of benzene rings is 1. The minimum absolute atomic E-state index is 0.00719. The van der Waals surface area contributed by atoms with Gasteiger partial charge in [-0.15, -0.1) is 0 Å². The van der Waals surface area contributed by atoms with Crippen LogP contribution in [-0.2, 0) is 4.79 Å². The maximum Gasteiger partial charge on any atom is 0.280 e. The summed E-state index contributed by atoms with van der Waals surface area (Å²) >= 11 is 0. The number of nitro groups is 1. The molecule has 0 radical (unpaired) electrons. The molecule has 6 nitrogen and oxygen atoms in total. The number of aliphatic imine (C=N–C) groups is 1. The molecule has 1 aliphatic heterocycles. The van der Waals surface area contributed by atoms with Gasteiger partial charge in [0.25, 0.3) is 11.6 Å². The maximum atomic E-state index is 12.0. The molecule has 1 amide bonds. The van der Waals surface area contributed by atoms with Gasteiger partial charge in [-0.3, -0.25) is 19.9 Å². The van der Waals surface area contributed by atoms with Gasteiger partial charge in [0, 0.05) is 6.07 Å². The Bertz CT molecular complexity index is 580. The molecule has 0 aromatic heterocycles. The van der Waals surface area contributed by atoms with E-state index in [0.717, 1.165) is 0 Å². The van der Waals surface area contributed by atoms with Crippen molar-refractivity contribution in [3.05, 3.63) is 39.9 Å². The van der Waals surface area contributed by atoms with Crippen LogP contribution in [0.2, 0.25) is 0 Å². The first kappa shape index (κ1) is 13.2. The number of hydrogen-bond acceptors (Lipinski definition) is 4. The highest BCUT2D eigenvalue weighted by molar-refractivity contribution is 6.16. The van der Waals surface area contributed by atoms with Crippen molar-refractivity contribution in [2.75, 3.05) is 0 Å². The number of hydrogen-bond donors (Lipinski definition) is 1. The predicted molar refractivity (Wildman–Crippen MR) is 71.0 cm³/mol. The number of nitrogens with one attached hydrogen (secondary N) is 1. The van der Waals surface area contributed by atoms with E-state index in [1.807, 2.05) is 13.8 Å². The molecule has 1 aromatic rings. The molecule has 1 N–H and O–H groups in total. The molecule has 1 aromatic carbocycles. The monoisotopic (exact) mass is 261 g/mol. The Morgan fingerprint density at radius 2 is 2.00 bits per heavy atom. The molecule has 0 saturated carbocycles. The van der Waals surface area contributed by atoms with E-state index in [1.165, 1.54) is 6.07 Å². The molecular weight excluding hydrogens is 246 g/mol. The number of rotatable bonds is 3. The molecule has 19 heavy (non-hydrogen) atoms. The molecule has 0 unspecified atom stereocenters. The topological polar surface area (TPSA) is 84.6 Å². The van der Waals surface area contributed by atoms with Crippen LogP contribution in [0.25, 0.3) is 0 Å². The second-order valence-corrected chi connectivity index (χ2v) is 4.99. The number of amidine groups is 1. The second-order valence-electron chi connectivity index (χ2n) is 4.99. The van der Waals surface area contributed by atoms with Crippen molar-refractivity contribution in [3.8, 4) is 0 Å². The summed E-state index contributed by atoms with van der Waals surface area (Å²) in [5.41, 5.74) is -0.598. The van der Waals surface area contributed by atoms with Crippen molar-refractivity contribution in [3.63, 3.8) is 0 Å². The fourth-order valence-electron chi connectivity index (χ4n) is 1.90. The summed E-state index contributed by atoms with van der Waals surface area (Å²) in [6.45, 7) is 5.52. The first-order chi connectivity index (χ1) is 8.86. The van der Waals surface area contributed by atoms with Crippen molar-refractivity contribution in [1.82, 2.24) is 5.32 Å². The molecule has 100 valence electrons. The zero-order valence-electron chi connectivity index (χ0n) is 11.0. The zero-order valence-corrected chi connectivity index (χ0v) is 11.0. The first-order valence-electron chi connectivity index (χ1n) is 6.01. The average molecular weight is 261 g/mol. The summed E-state index contributed by atoms with van der Waals surface area (Å²) in [4.78, 5) is 26.9. The Morgan fingerprint density at radius 3 is 2.53 bits per heavy atom. The van der Waals surface area contributed by atoms with Gasteiger partial charge >= 0.3 is 0 Å². The Hall–Kier alpha value is -2.24. The number of carbonyl (C=O) groups is 1. The predicted octanol–water partition coefficient (Wildman–Crippen LogP) is 1.89. The minimum Gasteiger partial charge on any atom is -0.308 e. The molecule has 2 rings (SSSR count). The van der Waals surface area contributed by atoms with E-state index in [4.69, 9.17) is 0 Å². The molecule has 1 heterocycles. The van der Waals surface area contributed by atoms with Crippen LogP contribution < -0.4 is 5.32 Å². The van der Waals surface area contributed by atoms with Crippen LogP contribution in [0.15, 0.2) is 29.3 Å². The van der Waals surface area contributed by atoms with Gasteiger partial charge < -0.3 is 5.32 Å². The lowest BCUT2D eigenvalue weighted by molar-refractivity contribution is -0.385. The van der Waals surface area contributed by atoms with Crippen molar-refractivity contribution < 1.29 is 9.72 Å². The largest absolute Gasteiger partial charge is 0.308 e. The summed E-state index contributed by atoms with van der Waals surface area (Å²) in [7, 11) is 0. The van der Waals surface area contributed by atoms with E-state index in [9.17, 15) is 14.9 Å². The van der Waals surface area contributed by atoms with Crippen LogP contribution in [0.5, 0.6) is 0 Å². The van der Waals surface area contributed by atoms with Crippen molar-refractivity contribution in [2.24, 2.45) is 10.9 Å². The number of nitro benzene ring substituents is 1. The van der Waals surface area contributed by atoms with Gasteiger partial charge in [-0.2, -0.15) is 0 Å². The summed E-state index contributed by atoms with van der Waals surface area (Å²) in [6, 6.07) is 6.25. The van der Waals surface area contributed by atoms with Crippen LogP contribution in [0.3, 0.4) is 0 Å². The molecule has 1 aliphatic rings. The van der Waals surface area contributed by atoms with Crippen LogP contribution >= 0.6 is 0 Å². The summed E-state index contributed by atoms with van der Waals surface area (Å²) in [5, 5.41) is 13.6. The minimum atomic E-state index is -0.876. The molecular formula is C13H15N3O3. The molecule has 0 bridgehead atoms. The fourth-order valence-corrected chi connectivity index (χ4v) is 1.90. The Labute approximate surface area is 110 Å². The fraction of sp³-hybridized carbons (Fsp3) is 0.385. The lowest BCUT2D eigenvalue weighted by Gasteiger charge is -2.21. The summed E-state index contributed by atoms with van der Waals surface area (Å²) in [6.07, 6.45) is 0. The summed E-state index contributed by atoms with van der Waals surface area (Å²) < 4.78 is 0. The van der Waals surface area contributed by atoms with Gasteiger partial charge in [-0.1, -0.05) is 26.0 Å². The summed E-state index contributed by atoms with van der Waals surface area (Å²) in [5.74, 6) is 0.0527. The third-order valence-corrected chi connectivity index (χ3v) is 3.52. The van der Waals surface area contributed by atoms with Gasteiger partial charge in [-0.25, -0.2) is 0 Å². The quantitative estimate of drug-likeness (QED) is 0.666. The number of para-hydroxylation sites is 1. The van der Waals surface area contributed by atoms with Gasteiger partial charge in [0.05, 0.1) is 10.5 Å². The smallest absolute Gasteiger partial charge is 0.280 e. The molecule has 0 fully saturated rings. The highest BCUT2D eigenvalue weighted by atomic mass is 16.6. The number of carbonyl (C=O) groups excluding carboxylic acids is 1. The second kappa shape index (κ2) is 4.46. The van der Waals surface area contributed by atoms with E-state index in [-0.39, 0.29) is 23.3 Å². The van der Waals surface area contributed by atoms with Gasteiger partial charge in [0.15, 0.2) is 0 Å². The molecule has 6 heteroatoms. The van der Waals surface area contributed by atoms with Gasteiger partial charge in [-0.05, 0) is 18.9 Å². The standard InChI is InChI=1S/C13H15N3O3/c1-8(2)13(3)12(17)14-11(15-13)9-6-4-5-7-10(9)16(18)19/h4-8H,1-3H3,(H,14,15,17)/t13-/m1/s1. The Balaban J connectivity index is 2.51. The third kappa shape index (κ3) is 2.09. The lowest BCUT2D eigenvalue weighted by atomic mass is 9.89. The molecule has 0 saturated heterocycles. The Kier molecular flexibility index (Phi) is 3.09. The van der Waals surface area contributed by atoms with Gasteiger partial charge in [0.2, 0.25) is 0 Å². The lowest BCUT2D eigenvalue weighted by Crippen LogP contribution is -2.41. The van der Waals surface area contributed by atoms with Crippen molar-refractivity contribution in [1.29, 1.82) is 0 Å². The third-order valence-electron chi connectivity index (χ3n) is 3.52. The van der Waals surface area contributed by atoms with Crippen LogP contribution in [-0.4, -0.2) is 22.2 Å². The van der Waals surface area contributed by atoms with E-state index >= 15 is 0 Å². The molecule has 0 spiro atoms. The van der Waals surface area contributed by atoms with E-state index in [0.29, 0.717) is 5.56 Å². The van der Waals surface area contributed by atoms with Crippen LogP contribution in [0.1, 0.15) is 26.3 Å². The van der Waals surface area contributed by atoms with Crippen molar-refractivity contribution >= 4 is 17.4 Å².